The van der Waals surface area contributed by atoms with Gasteiger partial charge in [-0.15, -0.1) is 11.3 Å². The van der Waals surface area contributed by atoms with E-state index in [-0.39, 0.29) is 5.84 Å². The zero-order valence-corrected chi connectivity index (χ0v) is 7.63. The number of carbonyl (C=O) groups is 1. The number of halogens is 2. The highest BCUT2D eigenvalue weighted by molar-refractivity contribution is 7.12. The average Bonchev–Trinajstić information content (AvgIpc) is 2.66. The van der Waals surface area contributed by atoms with E-state index >= 15 is 0 Å². The third-order valence-corrected chi connectivity index (χ3v) is 2.08. The molecule has 2 N–H and O–H groups in total. The third kappa shape index (κ3) is 2.77. The molecular formula is C7H6F2N2O2S. The molecule has 0 bridgehead atoms. The zero-order chi connectivity index (χ0) is 10.6. The minimum absolute atomic E-state index is 0.103. The first-order valence-corrected chi connectivity index (χ1v) is 4.35. The Hall–Kier alpha value is -1.50. The molecule has 0 saturated carbocycles. The summed E-state index contributed by atoms with van der Waals surface area (Å²) in [6.45, 7) is 0. The van der Waals surface area contributed by atoms with Crippen LogP contribution >= 0.6 is 11.3 Å². The number of nitrogens with two attached hydrogens (primary N) is 1. The molecule has 0 amide bonds. The van der Waals surface area contributed by atoms with Crippen molar-refractivity contribution in [1.29, 1.82) is 0 Å². The largest absolute Gasteiger partial charge is 0.400 e. The fourth-order valence-electron chi connectivity index (χ4n) is 0.603. The molecule has 0 unspecified atom stereocenters. The smallest absolute Gasteiger partial charge is 0.380 e. The number of nitrogens with zero attached hydrogens (tertiary/aromatic N) is 1. The summed E-state index contributed by atoms with van der Waals surface area (Å²) >= 11 is 1.26. The van der Waals surface area contributed by atoms with Crippen LogP contribution in [0, 0.1) is 0 Å². The number of amidine groups is 1. The lowest BCUT2D eigenvalue weighted by molar-refractivity contribution is -0.156. The van der Waals surface area contributed by atoms with Crippen LogP contribution in [0.3, 0.4) is 0 Å². The van der Waals surface area contributed by atoms with E-state index in [2.05, 4.69) is 9.99 Å². The topological polar surface area (TPSA) is 64.7 Å². The molecule has 0 radical (unpaired) electrons. The van der Waals surface area contributed by atoms with Gasteiger partial charge in [0.1, 0.15) is 0 Å². The number of oxime groups is 1. The lowest BCUT2D eigenvalue weighted by atomic mass is 10.4. The monoisotopic (exact) mass is 220 g/mol. The Morgan fingerprint density at radius 3 is 2.86 bits per heavy atom. The van der Waals surface area contributed by atoms with E-state index in [1.165, 1.54) is 11.3 Å². The van der Waals surface area contributed by atoms with Crippen molar-refractivity contribution in [2.45, 2.75) is 6.43 Å². The first-order valence-electron chi connectivity index (χ1n) is 3.47. The Balaban J connectivity index is 2.58. The second-order valence-corrected chi connectivity index (χ2v) is 3.11. The van der Waals surface area contributed by atoms with Crippen molar-refractivity contribution in [1.82, 2.24) is 0 Å². The van der Waals surface area contributed by atoms with E-state index < -0.39 is 12.4 Å². The Kier molecular flexibility index (Phi) is 3.52. The summed E-state index contributed by atoms with van der Waals surface area (Å²) in [7, 11) is 0. The summed E-state index contributed by atoms with van der Waals surface area (Å²) in [6, 6.07) is 3.33. The van der Waals surface area contributed by atoms with Gasteiger partial charge in [0.05, 0.1) is 4.88 Å². The van der Waals surface area contributed by atoms with Crippen molar-refractivity contribution in [2.75, 3.05) is 0 Å². The van der Waals surface area contributed by atoms with Crippen LogP contribution < -0.4 is 5.73 Å². The first kappa shape index (κ1) is 10.6. The van der Waals surface area contributed by atoms with Crippen LogP contribution in [-0.4, -0.2) is 18.2 Å². The van der Waals surface area contributed by atoms with Crippen LogP contribution in [0.4, 0.5) is 8.78 Å². The number of alkyl halides is 2. The van der Waals surface area contributed by atoms with Crippen molar-refractivity contribution in [3.8, 4) is 0 Å². The maximum Gasteiger partial charge on any atom is 0.400 e. The van der Waals surface area contributed by atoms with Gasteiger partial charge in [-0.05, 0) is 11.4 Å². The summed E-state index contributed by atoms with van der Waals surface area (Å²) in [5, 5.41) is 4.79. The van der Waals surface area contributed by atoms with Crippen LogP contribution in [0.15, 0.2) is 22.7 Å². The highest BCUT2D eigenvalue weighted by Gasteiger charge is 2.17. The predicted molar refractivity (Wildman–Crippen MR) is 47.1 cm³/mol. The fourth-order valence-corrected chi connectivity index (χ4v) is 1.22. The summed E-state index contributed by atoms with van der Waals surface area (Å²) in [6.07, 6.45) is -3.20. The molecule has 7 heteroatoms. The molecule has 1 aromatic heterocycles. The van der Waals surface area contributed by atoms with E-state index in [0.717, 1.165) is 0 Å². The van der Waals surface area contributed by atoms with E-state index in [0.29, 0.717) is 4.88 Å². The number of carbonyl (C=O) groups excluding carboxylic acids is 1. The van der Waals surface area contributed by atoms with Crippen LogP contribution in [0.5, 0.6) is 0 Å². The summed E-state index contributed by atoms with van der Waals surface area (Å²) in [4.78, 5) is 14.7. The Labute approximate surface area is 82.0 Å². The molecular weight excluding hydrogens is 214 g/mol. The van der Waals surface area contributed by atoms with Gasteiger partial charge < -0.3 is 10.6 Å². The number of hydrogen-bond donors (Lipinski definition) is 1. The van der Waals surface area contributed by atoms with Crippen LogP contribution in [-0.2, 0) is 9.63 Å². The molecule has 1 aromatic rings. The van der Waals surface area contributed by atoms with Gasteiger partial charge in [-0.2, -0.15) is 8.78 Å². The molecule has 0 aliphatic heterocycles. The van der Waals surface area contributed by atoms with E-state index in [4.69, 9.17) is 5.73 Å². The van der Waals surface area contributed by atoms with Crippen molar-refractivity contribution in [3.63, 3.8) is 0 Å². The van der Waals surface area contributed by atoms with Gasteiger partial charge in [-0.25, -0.2) is 4.79 Å². The number of hydrogen-bond acceptors (Lipinski definition) is 4. The summed E-state index contributed by atoms with van der Waals surface area (Å²) < 4.78 is 23.3. The minimum atomic E-state index is -3.20. The molecule has 4 nitrogen and oxygen atoms in total. The average molecular weight is 220 g/mol. The van der Waals surface area contributed by atoms with Crippen LogP contribution in [0.1, 0.15) is 4.88 Å². The third-order valence-electron chi connectivity index (χ3n) is 1.19. The van der Waals surface area contributed by atoms with Crippen molar-refractivity contribution < 1.29 is 18.4 Å². The Morgan fingerprint density at radius 1 is 1.64 bits per heavy atom. The maximum absolute atomic E-state index is 11.6. The quantitative estimate of drug-likeness (QED) is 0.360. The van der Waals surface area contributed by atoms with Gasteiger partial charge in [0.15, 0.2) is 5.84 Å². The standard InChI is InChI=1S/C7H6F2N2O2S/c8-5(9)7(12)13-11-6(10)4-2-1-3-14-4/h1-3,5H,(H2,10,11). The van der Waals surface area contributed by atoms with Crippen molar-refractivity contribution in [3.05, 3.63) is 22.4 Å². The van der Waals surface area contributed by atoms with E-state index in [1.807, 2.05) is 0 Å². The molecule has 0 aliphatic rings. The minimum Gasteiger partial charge on any atom is -0.380 e. The molecule has 14 heavy (non-hydrogen) atoms. The normalized spacial score (nSPS) is 11.8. The molecule has 76 valence electrons. The Morgan fingerprint density at radius 2 is 2.36 bits per heavy atom. The van der Waals surface area contributed by atoms with Crippen molar-refractivity contribution in [2.24, 2.45) is 10.9 Å². The fraction of sp³-hybridized carbons (Fsp3) is 0.143. The Bertz CT molecular complexity index is 337. The van der Waals surface area contributed by atoms with E-state index in [9.17, 15) is 13.6 Å². The molecule has 0 aromatic carbocycles. The second kappa shape index (κ2) is 4.66. The number of rotatable bonds is 3. The molecule has 0 aliphatic carbocycles. The molecule has 0 saturated heterocycles. The number of thiophene rings is 1. The molecule has 0 fully saturated rings. The van der Waals surface area contributed by atoms with Gasteiger partial charge in [0.25, 0.3) is 0 Å². The SMILES string of the molecule is N/C(=N\OC(=O)C(F)F)c1cccs1. The molecule has 0 atom stereocenters. The lowest BCUT2D eigenvalue weighted by Gasteiger charge is -1.96. The summed E-state index contributed by atoms with van der Waals surface area (Å²) in [5.74, 6) is -1.82. The van der Waals surface area contributed by atoms with Gasteiger partial charge in [-0.3, -0.25) is 0 Å². The molecule has 1 heterocycles. The highest BCUT2D eigenvalue weighted by Crippen LogP contribution is 2.07. The molecule has 1 rings (SSSR count). The second-order valence-electron chi connectivity index (χ2n) is 2.16. The van der Waals surface area contributed by atoms with Crippen LogP contribution in [0.25, 0.3) is 0 Å². The highest BCUT2D eigenvalue weighted by atomic mass is 32.1. The molecule has 0 spiro atoms. The van der Waals surface area contributed by atoms with E-state index in [1.54, 1.807) is 17.5 Å². The summed E-state index contributed by atoms with van der Waals surface area (Å²) in [5.41, 5.74) is 5.33. The first-order chi connectivity index (χ1) is 6.61. The van der Waals surface area contributed by atoms with Crippen LogP contribution in [0.2, 0.25) is 0 Å². The zero-order valence-electron chi connectivity index (χ0n) is 6.81. The predicted octanol–water partition coefficient (Wildman–Crippen LogP) is 1.18. The van der Waals surface area contributed by atoms with Gasteiger partial charge >= 0.3 is 12.4 Å². The maximum atomic E-state index is 11.6. The van der Waals surface area contributed by atoms with Gasteiger partial charge in [0.2, 0.25) is 0 Å². The lowest BCUT2D eigenvalue weighted by Crippen LogP contribution is -2.16. The van der Waals surface area contributed by atoms with Gasteiger partial charge in [0, 0.05) is 0 Å². The van der Waals surface area contributed by atoms with Crippen molar-refractivity contribution >= 4 is 23.1 Å². The van der Waals surface area contributed by atoms with Gasteiger partial charge in [-0.1, -0.05) is 11.2 Å².